The number of nitro benzene ring substituents is 1. The number of hydrogen-bond acceptors (Lipinski definition) is 6. The first-order valence-corrected chi connectivity index (χ1v) is 11.1. The lowest BCUT2D eigenvalue weighted by molar-refractivity contribution is -0.384. The van der Waals surface area contributed by atoms with Crippen molar-refractivity contribution in [1.82, 2.24) is 5.32 Å². The average molecular weight is 448 g/mol. The number of hydrogen-bond donors (Lipinski definition) is 1. The first-order valence-electron chi connectivity index (χ1n) is 11.1. The number of imide groups is 2. The van der Waals surface area contributed by atoms with Crippen molar-refractivity contribution in [2.75, 3.05) is 16.3 Å². The minimum absolute atomic E-state index is 0.00450. The van der Waals surface area contributed by atoms with Crippen molar-refractivity contribution >= 4 is 34.9 Å². The van der Waals surface area contributed by atoms with Crippen LogP contribution in [0.5, 0.6) is 0 Å². The maximum absolute atomic E-state index is 14.1. The van der Waals surface area contributed by atoms with E-state index in [-0.39, 0.29) is 12.1 Å². The molecule has 3 aliphatic rings. The first kappa shape index (κ1) is 21.1. The van der Waals surface area contributed by atoms with E-state index in [1.807, 2.05) is 30.9 Å². The number of nitro groups is 1. The van der Waals surface area contributed by atoms with Gasteiger partial charge in [0.1, 0.15) is 0 Å². The van der Waals surface area contributed by atoms with Gasteiger partial charge in [0.15, 0.2) is 5.41 Å². The quantitative estimate of drug-likeness (QED) is 0.428. The number of nitrogens with one attached hydrogen (secondary N) is 1. The normalized spacial score (nSPS) is 24.4. The molecule has 2 saturated heterocycles. The van der Waals surface area contributed by atoms with Gasteiger partial charge < -0.3 is 4.90 Å². The molecule has 5 rings (SSSR count). The van der Waals surface area contributed by atoms with Crippen molar-refractivity contribution in [3.8, 4) is 0 Å². The smallest absolute Gasteiger partial charge is 0.335 e. The number of non-ortho nitro benzene ring substituents is 1. The Labute approximate surface area is 190 Å². The van der Waals surface area contributed by atoms with Gasteiger partial charge in [-0.25, -0.2) is 9.69 Å². The highest BCUT2D eigenvalue weighted by Crippen LogP contribution is 2.49. The summed E-state index contributed by atoms with van der Waals surface area (Å²) in [5.41, 5.74) is 1.91. The van der Waals surface area contributed by atoms with E-state index in [2.05, 4.69) is 5.32 Å². The van der Waals surface area contributed by atoms with Gasteiger partial charge in [0.05, 0.1) is 16.7 Å². The van der Waals surface area contributed by atoms with Crippen LogP contribution in [0, 0.1) is 29.4 Å². The minimum atomic E-state index is -1.55. The van der Waals surface area contributed by atoms with Gasteiger partial charge in [-0.1, -0.05) is 17.7 Å². The fraction of sp³-hybridized carbons (Fsp3) is 0.375. The van der Waals surface area contributed by atoms with Gasteiger partial charge in [-0.05, 0) is 56.4 Å². The third kappa shape index (κ3) is 3.02. The Hall–Kier alpha value is -3.75. The molecule has 1 N–H and O–H groups in total. The Bertz CT molecular complexity index is 1230. The molecule has 0 radical (unpaired) electrons. The molecule has 9 nitrogen and oxygen atoms in total. The molecule has 2 aromatic carbocycles. The Morgan fingerprint density at radius 1 is 1.06 bits per heavy atom. The Morgan fingerprint density at radius 2 is 1.82 bits per heavy atom. The van der Waals surface area contributed by atoms with E-state index in [1.54, 1.807) is 12.1 Å². The molecule has 0 aliphatic carbocycles. The van der Waals surface area contributed by atoms with Crippen LogP contribution in [0.25, 0.3) is 0 Å². The van der Waals surface area contributed by atoms with Crippen LogP contribution in [0.3, 0.4) is 0 Å². The second-order valence-electron chi connectivity index (χ2n) is 9.11. The molecule has 4 amide bonds. The fourth-order valence-electron chi connectivity index (χ4n) is 5.64. The number of fused-ring (bicyclic) bond motifs is 4. The number of piperidine rings is 1. The lowest BCUT2D eigenvalue weighted by atomic mass is 9.66. The molecule has 9 heteroatoms. The lowest BCUT2D eigenvalue weighted by Crippen LogP contribution is -2.73. The van der Waals surface area contributed by atoms with Gasteiger partial charge in [0, 0.05) is 30.8 Å². The molecule has 3 aliphatic heterocycles. The van der Waals surface area contributed by atoms with E-state index in [4.69, 9.17) is 0 Å². The summed E-state index contributed by atoms with van der Waals surface area (Å²) in [6.45, 7) is 4.37. The number of nitrogens with zero attached hydrogens (tertiary/aromatic N) is 3. The van der Waals surface area contributed by atoms with Crippen LogP contribution in [0.15, 0.2) is 36.4 Å². The fourth-order valence-corrected chi connectivity index (χ4v) is 5.64. The van der Waals surface area contributed by atoms with Crippen molar-refractivity contribution in [2.24, 2.45) is 5.41 Å². The number of anilines is 2. The van der Waals surface area contributed by atoms with Crippen LogP contribution >= 0.6 is 0 Å². The summed E-state index contributed by atoms with van der Waals surface area (Å²) in [6, 6.07) is 8.81. The van der Waals surface area contributed by atoms with Gasteiger partial charge in [0.25, 0.3) is 11.6 Å². The third-order valence-electron chi connectivity index (χ3n) is 7.13. The standard InChI is InChI=1S/C24H24N4O5/c1-14-6-8-18(15(2)11-14)27-22(30)24(21(29)25-23(27)31)13-16-12-17(28(32)33)7-9-19(16)26-10-4-3-5-20(24)26/h6-9,11-12,20H,3-5,10,13H2,1-2H3,(H,25,29,31)/t20-,24+/m0/s1. The van der Waals surface area contributed by atoms with E-state index >= 15 is 0 Å². The van der Waals surface area contributed by atoms with Crippen LogP contribution in [0.1, 0.15) is 36.0 Å². The summed E-state index contributed by atoms with van der Waals surface area (Å²) in [5.74, 6) is -1.20. The molecule has 33 heavy (non-hydrogen) atoms. The molecule has 0 bridgehead atoms. The molecule has 0 aromatic heterocycles. The van der Waals surface area contributed by atoms with Gasteiger partial charge in [0.2, 0.25) is 5.91 Å². The monoisotopic (exact) mass is 448 g/mol. The number of carbonyl (C=O) groups is 3. The Morgan fingerprint density at radius 3 is 2.55 bits per heavy atom. The molecule has 170 valence electrons. The summed E-state index contributed by atoms with van der Waals surface area (Å²) >= 11 is 0. The van der Waals surface area contributed by atoms with Crippen molar-refractivity contribution in [3.63, 3.8) is 0 Å². The van der Waals surface area contributed by atoms with E-state index in [1.165, 1.54) is 12.1 Å². The Balaban J connectivity index is 1.68. The summed E-state index contributed by atoms with van der Waals surface area (Å²) in [4.78, 5) is 54.5. The second kappa shape index (κ2) is 7.40. The zero-order valence-electron chi connectivity index (χ0n) is 18.5. The van der Waals surface area contributed by atoms with Crippen molar-refractivity contribution in [1.29, 1.82) is 0 Å². The molecule has 2 fully saturated rings. The number of benzene rings is 2. The summed E-state index contributed by atoms with van der Waals surface area (Å²) < 4.78 is 0. The highest BCUT2D eigenvalue weighted by molar-refractivity contribution is 6.31. The first-order chi connectivity index (χ1) is 15.7. The highest BCUT2D eigenvalue weighted by atomic mass is 16.6. The minimum Gasteiger partial charge on any atom is -0.367 e. The number of aryl methyl sites for hydroxylation is 2. The van der Waals surface area contributed by atoms with Crippen molar-refractivity contribution < 1.29 is 19.3 Å². The summed E-state index contributed by atoms with van der Waals surface area (Å²) in [5, 5.41) is 13.8. The van der Waals surface area contributed by atoms with E-state index in [0.29, 0.717) is 24.2 Å². The van der Waals surface area contributed by atoms with Gasteiger partial charge in [-0.3, -0.25) is 25.0 Å². The molecular formula is C24H24N4O5. The molecule has 3 heterocycles. The largest absolute Gasteiger partial charge is 0.367 e. The summed E-state index contributed by atoms with van der Waals surface area (Å²) in [6.07, 6.45) is 2.36. The van der Waals surface area contributed by atoms with Crippen LogP contribution in [-0.2, 0) is 16.0 Å². The Kier molecular flexibility index (Phi) is 4.73. The van der Waals surface area contributed by atoms with Crippen LogP contribution in [0.4, 0.5) is 21.9 Å². The predicted octanol–water partition coefficient (Wildman–Crippen LogP) is 3.40. The number of carbonyl (C=O) groups excluding carboxylic acids is 3. The number of urea groups is 1. The number of rotatable bonds is 2. The van der Waals surface area contributed by atoms with Crippen LogP contribution < -0.4 is 15.1 Å². The molecular weight excluding hydrogens is 424 g/mol. The maximum Gasteiger partial charge on any atom is 0.335 e. The van der Waals surface area contributed by atoms with Gasteiger partial charge in [-0.15, -0.1) is 0 Å². The molecule has 0 saturated carbocycles. The van der Waals surface area contributed by atoms with E-state index < -0.39 is 34.2 Å². The molecule has 2 atom stereocenters. The maximum atomic E-state index is 14.1. The zero-order chi connectivity index (χ0) is 23.5. The van der Waals surface area contributed by atoms with Crippen LogP contribution in [0.2, 0.25) is 0 Å². The second-order valence-corrected chi connectivity index (χ2v) is 9.11. The van der Waals surface area contributed by atoms with E-state index in [9.17, 15) is 24.5 Å². The van der Waals surface area contributed by atoms with Crippen molar-refractivity contribution in [2.45, 2.75) is 45.6 Å². The van der Waals surface area contributed by atoms with Gasteiger partial charge >= 0.3 is 6.03 Å². The van der Waals surface area contributed by atoms with Crippen LogP contribution in [-0.4, -0.2) is 35.4 Å². The predicted molar refractivity (Wildman–Crippen MR) is 121 cm³/mol. The number of barbiturate groups is 1. The zero-order valence-corrected chi connectivity index (χ0v) is 18.5. The highest BCUT2D eigenvalue weighted by Gasteiger charge is 2.62. The SMILES string of the molecule is Cc1ccc(N2C(=O)NC(=O)[C@]3(Cc4cc([N+](=O)[O-])ccc4N4CCCC[C@H]43)C2=O)c(C)c1. The van der Waals surface area contributed by atoms with Crippen molar-refractivity contribution in [3.05, 3.63) is 63.2 Å². The number of amides is 4. The topological polar surface area (TPSA) is 113 Å². The lowest BCUT2D eigenvalue weighted by Gasteiger charge is -2.53. The molecule has 0 unspecified atom stereocenters. The van der Waals surface area contributed by atoms with Gasteiger partial charge in [-0.2, -0.15) is 0 Å². The summed E-state index contributed by atoms with van der Waals surface area (Å²) in [7, 11) is 0. The molecule has 2 aromatic rings. The van der Waals surface area contributed by atoms with E-state index in [0.717, 1.165) is 34.6 Å². The molecule has 1 spiro atoms. The average Bonchev–Trinajstić information content (AvgIpc) is 2.78. The third-order valence-corrected chi connectivity index (χ3v) is 7.13.